The fraction of sp³-hybridized carbons (Fsp3) is 0.714. The van der Waals surface area contributed by atoms with E-state index in [1.165, 1.54) is 4.72 Å². The van der Waals surface area contributed by atoms with Gasteiger partial charge in [-0.1, -0.05) is 13.3 Å². The number of hydrogen-bond donors (Lipinski definition) is 3. The Morgan fingerprint density at radius 1 is 1.44 bits per heavy atom. The molecule has 0 aromatic carbocycles. The average Bonchev–Trinajstić information content (AvgIpc) is 2.15. The third-order valence-corrected chi connectivity index (χ3v) is 2.61. The minimum Gasteiger partial charge on any atom is -0.480 e. The zero-order valence-electron chi connectivity index (χ0n) is 8.89. The van der Waals surface area contributed by atoms with Crippen LogP contribution in [0.3, 0.4) is 0 Å². The molecule has 0 rings (SSSR count). The predicted octanol–water partition coefficient (Wildman–Crippen LogP) is -0.570. The molecule has 9 heteroatoms. The van der Waals surface area contributed by atoms with E-state index < -0.39 is 28.3 Å². The van der Waals surface area contributed by atoms with Gasteiger partial charge in [0.15, 0.2) is 0 Å². The van der Waals surface area contributed by atoms with Gasteiger partial charge in [-0.05, 0) is 6.42 Å². The molecular formula is C7H14N2O6S. The quantitative estimate of drug-likeness (QED) is 0.583. The number of carbonyl (C=O) groups excluding carboxylic acids is 1. The van der Waals surface area contributed by atoms with Crippen molar-refractivity contribution < 1.29 is 27.9 Å². The summed E-state index contributed by atoms with van der Waals surface area (Å²) in [5.74, 6) is -1.31. The first-order valence-electron chi connectivity index (χ1n) is 4.43. The molecule has 94 valence electrons. The van der Waals surface area contributed by atoms with E-state index in [0.717, 1.165) is 7.11 Å². The van der Waals surface area contributed by atoms with Crippen LogP contribution in [0.2, 0.25) is 0 Å². The lowest BCUT2D eigenvalue weighted by Gasteiger charge is -2.13. The standard InChI is InChI=1S/C7H14N2O6S/c1-3-4-5(6(10)11)8-16(13,14)9-7(12)15-2/h5,8H,3-4H2,1-2H3,(H,9,12)(H,10,11)/t5-/m0/s1. The molecule has 0 aliphatic rings. The summed E-state index contributed by atoms with van der Waals surface area (Å²) >= 11 is 0. The highest BCUT2D eigenvalue weighted by atomic mass is 32.2. The summed E-state index contributed by atoms with van der Waals surface area (Å²) in [6.45, 7) is 1.71. The summed E-state index contributed by atoms with van der Waals surface area (Å²) in [7, 11) is -3.22. The first-order valence-corrected chi connectivity index (χ1v) is 5.91. The number of rotatable bonds is 6. The number of hydrogen-bond acceptors (Lipinski definition) is 5. The lowest BCUT2D eigenvalue weighted by atomic mass is 10.2. The second-order valence-electron chi connectivity index (χ2n) is 2.89. The summed E-state index contributed by atoms with van der Waals surface area (Å²) < 4.78 is 29.8. The number of amides is 1. The maximum absolute atomic E-state index is 11.2. The summed E-state index contributed by atoms with van der Waals surface area (Å²) in [6, 6.07) is -1.27. The van der Waals surface area contributed by atoms with Crippen LogP contribution in [0.15, 0.2) is 0 Å². The average molecular weight is 254 g/mol. The van der Waals surface area contributed by atoms with Crippen LogP contribution in [0.1, 0.15) is 19.8 Å². The molecule has 0 aromatic rings. The van der Waals surface area contributed by atoms with Gasteiger partial charge in [0.2, 0.25) is 0 Å². The molecule has 0 fully saturated rings. The monoisotopic (exact) mass is 254 g/mol. The highest BCUT2D eigenvalue weighted by Crippen LogP contribution is 1.98. The molecule has 16 heavy (non-hydrogen) atoms. The lowest BCUT2D eigenvalue weighted by Crippen LogP contribution is -2.48. The molecule has 1 amide bonds. The third kappa shape index (κ3) is 5.51. The van der Waals surface area contributed by atoms with E-state index in [4.69, 9.17) is 5.11 Å². The lowest BCUT2D eigenvalue weighted by molar-refractivity contribution is -0.139. The van der Waals surface area contributed by atoms with Crippen molar-refractivity contribution in [3.05, 3.63) is 0 Å². The summed E-state index contributed by atoms with van der Waals surface area (Å²) in [5.41, 5.74) is 0. The van der Waals surface area contributed by atoms with Crippen LogP contribution in [0.5, 0.6) is 0 Å². The van der Waals surface area contributed by atoms with E-state index in [2.05, 4.69) is 4.74 Å². The molecule has 0 aliphatic heterocycles. The maximum Gasteiger partial charge on any atom is 0.421 e. The number of ether oxygens (including phenoxy) is 1. The van der Waals surface area contributed by atoms with Crippen LogP contribution in [0, 0.1) is 0 Å². The van der Waals surface area contributed by atoms with E-state index in [1.807, 2.05) is 4.72 Å². The van der Waals surface area contributed by atoms with E-state index in [0.29, 0.717) is 6.42 Å². The zero-order chi connectivity index (χ0) is 12.8. The van der Waals surface area contributed by atoms with Gasteiger partial charge in [-0.3, -0.25) is 4.79 Å². The summed E-state index contributed by atoms with van der Waals surface area (Å²) in [5, 5.41) is 8.69. The molecule has 0 aliphatic carbocycles. The van der Waals surface area contributed by atoms with E-state index in [9.17, 15) is 18.0 Å². The van der Waals surface area contributed by atoms with Gasteiger partial charge in [-0.25, -0.2) is 9.52 Å². The molecule has 0 spiro atoms. The molecule has 8 nitrogen and oxygen atoms in total. The van der Waals surface area contributed by atoms with Crippen molar-refractivity contribution in [1.29, 1.82) is 0 Å². The SMILES string of the molecule is CCC[C@H](NS(=O)(=O)NC(=O)OC)C(=O)O. The van der Waals surface area contributed by atoms with Gasteiger partial charge in [-0.2, -0.15) is 13.1 Å². The van der Waals surface area contributed by atoms with Crippen molar-refractivity contribution in [3.8, 4) is 0 Å². The van der Waals surface area contributed by atoms with Gasteiger partial charge in [-0.15, -0.1) is 0 Å². The number of carboxylic acid groups (broad SMARTS) is 1. The number of carbonyl (C=O) groups is 2. The molecule has 3 N–H and O–H groups in total. The number of aliphatic carboxylic acids is 1. The summed E-state index contributed by atoms with van der Waals surface area (Å²) in [4.78, 5) is 21.3. The Hall–Kier alpha value is -1.35. The van der Waals surface area contributed by atoms with E-state index in [-0.39, 0.29) is 6.42 Å². The van der Waals surface area contributed by atoms with Crippen molar-refractivity contribution in [1.82, 2.24) is 9.44 Å². The first-order chi connectivity index (χ1) is 7.32. The van der Waals surface area contributed by atoms with E-state index in [1.54, 1.807) is 6.92 Å². The van der Waals surface area contributed by atoms with Gasteiger partial charge in [0, 0.05) is 0 Å². The van der Waals surface area contributed by atoms with Crippen LogP contribution in [-0.2, 0) is 19.7 Å². The molecule has 0 saturated carbocycles. The minimum absolute atomic E-state index is 0.122. The highest BCUT2D eigenvalue weighted by Gasteiger charge is 2.24. The Kier molecular flexibility index (Phi) is 5.75. The maximum atomic E-state index is 11.2. The number of carboxylic acids is 1. The van der Waals surface area contributed by atoms with Crippen molar-refractivity contribution in [2.75, 3.05) is 7.11 Å². The topological polar surface area (TPSA) is 122 Å². The van der Waals surface area contributed by atoms with Gasteiger partial charge in [0.05, 0.1) is 7.11 Å². The first kappa shape index (κ1) is 14.6. The van der Waals surface area contributed by atoms with Gasteiger partial charge < -0.3 is 9.84 Å². The second-order valence-corrected chi connectivity index (χ2v) is 4.34. The van der Waals surface area contributed by atoms with Crippen molar-refractivity contribution in [3.63, 3.8) is 0 Å². The van der Waals surface area contributed by atoms with Gasteiger partial charge in [0.1, 0.15) is 6.04 Å². The molecule has 0 heterocycles. The Morgan fingerprint density at radius 2 is 2.00 bits per heavy atom. The van der Waals surface area contributed by atoms with Crippen LogP contribution in [0.4, 0.5) is 4.79 Å². The van der Waals surface area contributed by atoms with Crippen LogP contribution in [0.25, 0.3) is 0 Å². The van der Waals surface area contributed by atoms with Crippen molar-refractivity contribution in [2.24, 2.45) is 0 Å². The fourth-order valence-corrected chi connectivity index (χ4v) is 1.84. The Morgan fingerprint density at radius 3 is 2.38 bits per heavy atom. The molecular weight excluding hydrogens is 240 g/mol. The Balaban J connectivity index is 4.54. The number of nitrogens with one attached hydrogen (secondary N) is 2. The smallest absolute Gasteiger partial charge is 0.421 e. The molecule has 0 saturated heterocycles. The minimum atomic E-state index is -4.21. The molecule has 0 unspecified atom stereocenters. The molecule has 1 atom stereocenters. The highest BCUT2D eigenvalue weighted by molar-refractivity contribution is 7.88. The Labute approximate surface area is 93.2 Å². The molecule has 0 bridgehead atoms. The second kappa shape index (κ2) is 6.28. The van der Waals surface area contributed by atoms with Crippen molar-refractivity contribution >= 4 is 22.3 Å². The normalized spacial score (nSPS) is 12.9. The molecule has 0 aromatic heterocycles. The van der Waals surface area contributed by atoms with Crippen LogP contribution >= 0.6 is 0 Å². The van der Waals surface area contributed by atoms with Crippen molar-refractivity contribution in [2.45, 2.75) is 25.8 Å². The largest absolute Gasteiger partial charge is 0.480 e. The fourth-order valence-electron chi connectivity index (χ4n) is 0.890. The summed E-state index contributed by atoms with van der Waals surface area (Å²) in [6.07, 6.45) is -0.581. The van der Waals surface area contributed by atoms with E-state index >= 15 is 0 Å². The molecule has 0 radical (unpaired) electrons. The Bertz CT molecular complexity index is 352. The third-order valence-electron chi connectivity index (χ3n) is 1.58. The van der Waals surface area contributed by atoms with Crippen LogP contribution in [-0.4, -0.2) is 38.7 Å². The zero-order valence-corrected chi connectivity index (χ0v) is 9.70. The predicted molar refractivity (Wildman–Crippen MR) is 53.9 cm³/mol. The number of methoxy groups -OCH3 is 1. The van der Waals surface area contributed by atoms with Crippen LogP contribution < -0.4 is 9.44 Å². The van der Waals surface area contributed by atoms with Gasteiger partial charge in [0.25, 0.3) is 0 Å². The van der Waals surface area contributed by atoms with Gasteiger partial charge >= 0.3 is 22.3 Å².